The average Bonchev–Trinajstić information content (AvgIpc) is 3.02. The van der Waals surface area contributed by atoms with Crippen molar-refractivity contribution in [3.05, 3.63) is 47.2 Å². The van der Waals surface area contributed by atoms with E-state index in [9.17, 15) is 4.79 Å². The fourth-order valence-corrected chi connectivity index (χ4v) is 2.76. The monoisotopic (exact) mass is 346 g/mol. The second-order valence-corrected chi connectivity index (χ2v) is 5.47. The van der Waals surface area contributed by atoms with Crippen molar-refractivity contribution in [1.82, 2.24) is 0 Å². The topological polar surface area (TPSA) is 57.9 Å². The molecule has 0 amide bonds. The first-order valence-electron chi connectivity index (χ1n) is 7.10. The van der Waals surface area contributed by atoms with Gasteiger partial charge < -0.3 is 18.6 Å². The Kier molecular flexibility index (Phi) is 4.36. The van der Waals surface area contributed by atoms with Crippen LogP contribution in [-0.2, 0) is 4.74 Å². The van der Waals surface area contributed by atoms with E-state index in [-0.39, 0.29) is 5.56 Å². The van der Waals surface area contributed by atoms with Gasteiger partial charge in [-0.2, -0.15) is 0 Å². The third kappa shape index (κ3) is 2.67. The van der Waals surface area contributed by atoms with Crippen molar-refractivity contribution in [2.24, 2.45) is 0 Å². The highest BCUT2D eigenvalue weighted by Crippen LogP contribution is 2.39. The van der Waals surface area contributed by atoms with Crippen molar-refractivity contribution in [3.8, 4) is 22.6 Å². The van der Waals surface area contributed by atoms with Crippen LogP contribution in [-0.4, -0.2) is 27.3 Å². The van der Waals surface area contributed by atoms with Crippen LogP contribution in [0.2, 0.25) is 5.02 Å². The minimum Gasteiger partial charge on any atom is -0.496 e. The summed E-state index contributed by atoms with van der Waals surface area (Å²) in [5.41, 5.74) is 2.54. The van der Waals surface area contributed by atoms with Gasteiger partial charge in [-0.1, -0.05) is 11.6 Å². The number of esters is 1. The Balaban J connectivity index is 2.22. The highest BCUT2D eigenvalue weighted by Gasteiger charge is 2.22. The number of furan rings is 1. The largest absolute Gasteiger partial charge is 0.496 e. The molecule has 0 fully saturated rings. The molecule has 0 atom stereocenters. The van der Waals surface area contributed by atoms with Gasteiger partial charge in [0.15, 0.2) is 0 Å². The minimum atomic E-state index is -0.529. The Labute approximate surface area is 143 Å². The number of carbonyl (C=O) groups is 1. The number of halogens is 1. The normalized spacial score (nSPS) is 10.7. The molecule has 2 aromatic carbocycles. The van der Waals surface area contributed by atoms with Crippen molar-refractivity contribution in [2.45, 2.75) is 0 Å². The summed E-state index contributed by atoms with van der Waals surface area (Å²) < 4.78 is 21.1. The van der Waals surface area contributed by atoms with Crippen molar-refractivity contribution in [3.63, 3.8) is 0 Å². The smallest absolute Gasteiger partial charge is 0.345 e. The van der Waals surface area contributed by atoms with E-state index >= 15 is 0 Å². The highest BCUT2D eigenvalue weighted by atomic mass is 35.5. The molecule has 0 aliphatic heterocycles. The predicted molar refractivity (Wildman–Crippen MR) is 91.1 cm³/mol. The van der Waals surface area contributed by atoms with E-state index in [0.29, 0.717) is 22.1 Å². The van der Waals surface area contributed by atoms with Crippen LogP contribution in [0, 0.1) is 0 Å². The van der Waals surface area contributed by atoms with Crippen LogP contribution in [0.1, 0.15) is 10.4 Å². The number of hydrogen-bond donors (Lipinski definition) is 0. The van der Waals surface area contributed by atoms with Crippen LogP contribution >= 0.6 is 11.6 Å². The van der Waals surface area contributed by atoms with Gasteiger partial charge in [-0.3, -0.25) is 0 Å². The molecule has 24 heavy (non-hydrogen) atoms. The van der Waals surface area contributed by atoms with Gasteiger partial charge in [0.25, 0.3) is 0 Å². The van der Waals surface area contributed by atoms with Crippen LogP contribution in [0.3, 0.4) is 0 Å². The molecule has 0 spiro atoms. The first kappa shape index (κ1) is 16.2. The van der Waals surface area contributed by atoms with Gasteiger partial charge in [0, 0.05) is 22.0 Å². The number of fused-ring (bicyclic) bond motifs is 1. The van der Waals surface area contributed by atoms with Gasteiger partial charge in [-0.25, -0.2) is 4.79 Å². The Bertz CT molecular complexity index is 888. The summed E-state index contributed by atoms with van der Waals surface area (Å²) in [6.45, 7) is 0. The van der Waals surface area contributed by atoms with E-state index in [4.69, 9.17) is 30.2 Å². The molecule has 0 unspecified atom stereocenters. The van der Waals surface area contributed by atoms with Crippen molar-refractivity contribution < 1.29 is 23.4 Å². The van der Waals surface area contributed by atoms with Crippen molar-refractivity contribution >= 4 is 28.5 Å². The first-order valence-corrected chi connectivity index (χ1v) is 7.48. The quantitative estimate of drug-likeness (QED) is 0.648. The highest BCUT2D eigenvalue weighted by molar-refractivity contribution is 6.31. The maximum Gasteiger partial charge on any atom is 0.345 e. The molecule has 0 N–H and O–H groups in total. The van der Waals surface area contributed by atoms with Gasteiger partial charge in [0.1, 0.15) is 22.6 Å². The molecule has 6 heteroatoms. The number of rotatable bonds is 4. The zero-order valence-corrected chi connectivity index (χ0v) is 14.1. The fourth-order valence-electron chi connectivity index (χ4n) is 2.60. The third-order valence-electron chi connectivity index (χ3n) is 3.74. The van der Waals surface area contributed by atoms with Crippen LogP contribution in [0.5, 0.6) is 11.5 Å². The summed E-state index contributed by atoms with van der Waals surface area (Å²) in [7, 11) is 4.28. The molecule has 1 heterocycles. The molecule has 3 rings (SSSR count). The third-order valence-corrected chi connectivity index (χ3v) is 3.98. The number of hydrogen-bond acceptors (Lipinski definition) is 5. The second kappa shape index (κ2) is 6.45. The van der Waals surface area contributed by atoms with E-state index in [2.05, 4.69) is 0 Å². The average molecular weight is 347 g/mol. The zero-order chi connectivity index (χ0) is 17.3. The van der Waals surface area contributed by atoms with E-state index in [0.717, 1.165) is 16.5 Å². The summed E-state index contributed by atoms with van der Waals surface area (Å²) in [5.74, 6) is 0.193. The lowest BCUT2D eigenvalue weighted by Crippen LogP contribution is -2.07. The molecule has 0 aliphatic carbocycles. The molecular weight excluding hydrogens is 332 g/mol. The molecule has 1 aromatic heterocycles. The Hall–Kier alpha value is -2.66. The molecule has 0 bridgehead atoms. The minimum absolute atomic E-state index is 0.238. The van der Waals surface area contributed by atoms with Crippen LogP contribution < -0.4 is 9.47 Å². The lowest BCUT2D eigenvalue weighted by Gasteiger charge is -2.13. The molecular formula is C18H15ClO5. The van der Waals surface area contributed by atoms with Crippen molar-refractivity contribution in [2.75, 3.05) is 21.3 Å². The summed E-state index contributed by atoms with van der Waals surface area (Å²) >= 11 is 5.99. The lowest BCUT2D eigenvalue weighted by atomic mass is 10.0. The summed E-state index contributed by atoms with van der Waals surface area (Å²) in [5, 5.41) is 1.49. The van der Waals surface area contributed by atoms with Crippen LogP contribution in [0.25, 0.3) is 22.1 Å². The number of carbonyl (C=O) groups excluding carboxylic acids is 1. The Morgan fingerprint density at radius 1 is 1.04 bits per heavy atom. The van der Waals surface area contributed by atoms with Gasteiger partial charge in [0.2, 0.25) is 0 Å². The van der Waals surface area contributed by atoms with E-state index in [1.165, 1.54) is 21.3 Å². The molecule has 0 saturated heterocycles. The Morgan fingerprint density at radius 3 is 2.29 bits per heavy atom. The number of methoxy groups -OCH3 is 3. The van der Waals surface area contributed by atoms with Gasteiger partial charge in [0.05, 0.1) is 27.6 Å². The van der Waals surface area contributed by atoms with Gasteiger partial charge >= 0.3 is 5.97 Å². The molecule has 0 aliphatic rings. The predicted octanol–water partition coefficient (Wildman–Crippen LogP) is 4.56. The van der Waals surface area contributed by atoms with E-state index < -0.39 is 5.97 Å². The molecule has 0 radical (unpaired) electrons. The lowest BCUT2D eigenvalue weighted by molar-refractivity contribution is 0.0593. The number of ether oxygens (including phenoxy) is 3. The maximum absolute atomic E-state index is 12.0. The number of benzene rings is 2. The van der Waals surface area contributed by atoms with Crippen molar-refractivity contribution in [1.29, 1.82) is 0 Å². The molecule has 5 nitrogen and oxygen atoms in total. The summed E-state index contributed by atoms with van der Waals surface area (Å²) in [4.78, 5) is 12.0. The molecule has 124 valence electrons. The molecule has 0 saturated carbocycles. The van der Waals surface area contributed by atoms with Crippen LogP contribution in [0.4, 0.5) is 0 Å². The van der Waals surface area contributed by atoms with E-state index in [1.807, 2.05) is 6.07 Å². The molecule has 3 aromatic rings. The zero-order valence-electron chi connectivity index (χ0n) is 13.4. The first-order chi connectivity index (χ1) is 11.6. The van der Waals surface area contributed by atoms with Gasteiger partial charge in [-0.05, 0) is 29.8 Å². The van der Waals surface area contributed by atoms with E-state index in [1.54, 1.807) is 30.5 Å². The fraction of sp³-hybridized carbons (Fsp3) is 0.167. The SMILES string of the molecule is COC(=O)c1c(OC)cc(-c2coc3cc(Cl)ccc23)cc1OC. The van der Waals surface area contributed by atoms with Gasteiger partial charge in [-0.15, -0.1) is 0 Å². The second-order valence-electron chi connectivity index (χ2n) is 5.04. The standard InChI is InChI=1S/C18H15ClO5/c1-21-15-6-10(7-16(22-2)17(15)18(20)23-3)13-9-24-14-8-11(19)4-5-12(13)14/h4-9H,1-3H3. The Morgan fingerprint density at radius 2 is 1.71 bits per heavy atom. The summed E-state index contributed by atoms with van der Waals surface area (Å²) in [6.07, 6.45) is 1.63. The maximum atomic E-state index is 12.0. The summed E-state index contributed by atoms with van der Waals surface area (Å²) in [6, 6.07) is 8.91. The van der Waals surface area contributed by atoms with Crippen LogP contribution in [0.15, 0.2) is 41.0 Å².